The summed E-state index contributed by atoms with van der Waals surface area (Å²) in [6.07, 6.45) is 2.11. The molecule has 3 N–H and O–H groups in total. The van der Waals surface area contributed by atoms with Crippen molar-refractivity contribution >= 4 is 33.2 Å². The lowest BCUT2D eigenvalue weighted by molar-refractivity contribution is -0.120. The summed E-state index contributed by atoms with van der Waals surface area (Å²) < 4.78 is 31.9. The zero-order valence-corrected chi connectivity index (χ0v) is 19.5. The van der Waals surface area contributed by atoms with Gasteiger partial charge in [0.05, 0.1) is 4.90 Å². The number of hydrogen-bond donors (Lipinski definition) is 3. The van der Waals surface area contributed by atoms with Crippen LogP contribution in [0.15, 0.2) is 53.4 Å². The number of hydrogen-bond acceptors (Lipinski definition) is 5. The van der Waals surface area contributed by atoms with Crippen LogP contribution in [0.25, 0.3) is 0 Å². The zero-order valence-electron chi connectivity index (χ0n) is 18.7. The van der Waals surface area contributed by atoms with Crippen LogP contribution in [0.5, 0.6) is 0 Å². The molecule has 0 unspecified atom stereocenters. The average Bonchev–Trinajstić information content (AvgIpc) is 2.78. The summed E-state index contributed by atoms with van der Waals surface area (Å²) in [6.45, 7) is 4.70. The first kappa shape index (κ1) is 25.5. The second kappa shape index (κ2) is 12.3. The zero-order chi connectivity index (χ0) is 23.6. The number of nitrogens with one attached hydrogen (secondary N) is 3. The van der Waals surface area contributed by atoms with Crippen LogP contribution in [0.3, 0.4) is 0 Å². The van der Waals surface area contributed by atoms with Gasteiger partial charge in [-0.3, -0.25) is 9.59 Å². The third-order valence-corrected chi connectivity index (χ3v) is 6.49. The average molecular weight is 462 g/mol. The number of amides is 2. The summed E-state index contributed by atoms with van der Waals surface area (Å²) in [4.78, 5) is 24.8. The minimum Gasteiger partial charge on any atom is -0.385 e. The monoisotopic (exact) mass is 461 g/mol. The molecule has 0 saturated carbocycles. The maximum absolute atomic E-state index is 12.5. The van der Waals surface area contributed by atoms with Gasteiger partial charge in [-0.15, -0.1) is 0 Å². The Morgan fingerprint density at radius 1 is 0.906 bits per heavy atom. The van der Waals surface area contributed by atoms with Crippen molar-refractivity contribution in [2.24, 2.45) is 5.92 Å². The first-order valence-electron chi connectivity index (χ1n) is 10.6. The molecule has 0 aliphatic heterocycles. The Hall–Kier alpha value is -2.75. The quantitative estimate of drug-likeness (QED) is 0.418. The summed E-state index contributed by atoms with van der Waals surface area (Å²) in [5.41, 5.74) is 1.52. The molecule has 0 atom stereocenters. The molecular formula is C23H31N3O5S. The van der Waals surface area contributed by atoms with Crippen LogP contribution in [0.4, 0.5) is 11.4 Å². The van der Waals surface area contributed by atoms with E-state index in [1.54, 1.807) is 31.4 Å². The molecule has 2 aromatic carbocycles. The predicted molar refractivity (Wildman–Crippen MR) is 125 cm³/mol. The van der Waals surface area contributed by atoms with Gasteiger partial charge in [0.15, 0.2) is 0 Å². The SMILES string of the molecule is CCC(CC)C(=O)Nc1ccc(C(=O)Nc2ccc(S(=O)(=O)NCCCOC)cc2)cc1. The summed E-state index contributed by atoms with van der Waals surface area (Å²) in [5, 5.41) is 5.60. The van der Waals surface area contributed by atoms with Gasteiger partial charge in [0.25, 0.3) is 5.91 Å². The normalized spacial score (nSPS) is 11.4. The second-order valence-electron chi connectivity index (χ2n) is 7.30. The van der Waals surface area contributed by atoms with Gasteiger partial charge >= 0.3 is 0 Å². The van der Waals surface area contributed by atoms with Crippen molar-refractivity contribution < 1.29 is 22.7 Å². The number of anilines is 2. The number of benzene rings is 2. The van der Waals surface area contributed by atoms with Crippen molar-refractivity contribution in [3.8, 4) is 0 Å². The molecule has 8 nitrogen and oxygen atoms in total. The van der Waals surface area contributed by atoms with E-state index in [1.807, 2.05) is 13.8 Å². The first-order valence-corrected chi connectivity index (χ1v) is 12.1. The van der Waals surface area contributed by atoms with Crippen molar-refractivity contribution in [1.29, 1.82) is 0 Å². The summed E-state index contributed by atoms with van der Waals surface area (Å²) in [7, 11) is -2.06. The number of carbonyl (C=O) groups is 2. The summed E-state index contributed by atoms with van der Waals surface area (Å²) >= 11 is 0. The van der Waals surface area contributed by atoms with Gasteiger partial charge in [-0.25, -0.2) is 13.1 Å². The predicted octanol–water partition coefficient (Wildman–Crippen LogP) is 3.63. The van der Waals surface area contributed by atoms with Crippen molar-refractivity contribution in [3.63, 3.8) is 0 Å². The van der Waals surface area contributed by atoms with Gasteiger partial charge in [0.2, 0.25) is 15.9 Å². The number of carbonyl (C=O) groups excluding carboxylic acids is 2. The van der Waals surface area contributed by atoms with Gasteiger partial charge in [0.1, 0.15) is 0 Å². The summed E-state index contributed by atoms with van der Waals surface area (Å²) in [5.74, 6) is -0.406. The van der Waals surface area contributed by atoms with Gasteiger partial charge in [-0.2, -0.15) is 0 Å². The van der Waals surface area contributed by atoms with E-state index >= 15 is 0 Å². The molecule has 0 radical (unpaired) electrons. The highest BCUT2D eigenvalue weighted by Gasteiger charge is 2.15. The largest absolute Gasteiger partial charge is 0.385 e. The Kier molecular flexibility index (Phi) is 9.83. The van der Waals surface area contributed by atoms with E-state index in [0.717, 1.165) is 12.8 Å². The maximum Gasteiger partial charge on any atom is 0.255 e. The molecule has 0 bridgehead atoms. The third-order valence-electron chi connectivity index (χ3n) is 5.01. The molecule has 0 fully saturated rings. The topological polar surface area (TPSA) is 114 Å². The molecule has 174 valence electrons. The van der Waals surface area contributed by atoms with Gasteiger partial charge in [0, 0.05) is 43.1 Å². The Bertz CT molecular complexity index is 985. The van der Waals surface area contributed by atoms with Crippen molar-refractivity contribution in [2.75, 3.05) is 30.9 Å². The lowest BCUT2D eigenvalue weighted by Crippen LogP contribution is -2.25. The highest BCUT2D eigenvalue weighted by atomic mass is 32.2. The van der Waals surface area contributed by atoms with Crippen LogP contribution >= 0.6 is 0 Å². The Balaban J connectivity index is 1.95. The lowest BCUT2D eigenvalue weighted by atomic mass is 10.0. The molecular weight excluding hydrogens is 430 g/mol. The fourth-order valence-corrected chi connectivity index (χ4v) is 4.11. The molecule has 0 heterocycles. The van der Waals surface area contributed by atoms with E-state index in [2.05, 4.69) is 15.4 Å². The van der Waals surface area contributed by atoms with Crippen molar-refractivity contribution in [1.82, 2.24) is 4.72 Å². The number of ether oxygens (including phenoxy) is 1. The van der Waals surface area contributed by atoms with Crippen molar-refractivity contribution in [2.45, 2.75) is 38.0 Å². The van der Waals surface area contributed by atoms with Crippen LogP contribution in [0.2, 0.25) is 0 Å². The fraction of sp³-hybridized carbons (Fsp3) is 0.391. The number of methoxy groups -OCH3 is 1. The van der Waals surface area contributed by atoms with E-state index in [9.17, 15) is 18.0 Å². The number of sulfonamides is 1. The fourth-order valence-electron chi connectivity index (χ4n) is 3.04. The van der Waals surface area contributed by atoms with E-state index in [-0.39, 0.29) is 29.2 Å². The molecule has 0 spiro atoms. The molecule has 0 aromatic heterocycles. The Morgan fingerprint density at radius 3 is 2.03 bits per heavy atom. The van der Waals surface area contributed by atoms with Crippen LogP contribution in [0, 0.1) is 5.92 Å². The smallest absolute Gasteiger partial charge is 0.255 e. The number of rotatable bonds is 12. The first-order chi connectivity index (χ1) is 15.3. The third kappa shape index (κ3) is 7.44. The minimum absolute atomic E-state index is 0.0320. The highest BCUT2D eigenvalue weighted by Crippen LogP contribution is 2.17. The highest BCUT2D eigenvalue weighted by molar-refractivity contribution is 7.89. The van der Waals surface area contributed by atoms with E-state index in [0.29, 0.717) is 30.0 Å². The van der Waals surface area contributed by atoms with Crippen LogP contribution in [-0.4, -0.2) is 40.5 Å². The molecule has 2 aromatic rings. The van der Waals surface area contributed by atoms with Crippen molar-refractivity contribution in [3.05, 3.63) is 54.1 Å². The molecule has 9 heteroatoms. The second-order valence-corrected chi connectivity index (χ2v) is 9.07. The minimum atomic E-state index is -3.62. The molecule has 0 aliphatic carbocycles. The molecule has 2 amide bonds. The maximum atomic E-state index is 12.5. The van der Waals surface area contributed by atoms with Crippen LogP contribution < -0.4 is 15.4 Å². The Morgan fingerprint density at radius 2 is 1.47 bits per heavy atom. The Labute approximate surface area is 189 Å². The standard InChI is InChI=1S/C23H31N3O5S/c1-4-17(5-2)22(27)25-19-9-7-18(8-10-19)23(28)26-20-11-13-21(14-12-20)32(29,30)24-15-6-16-31-3/h7-14,17,24H,4-6,15-16H2,1-3H3,(H,25,27)(H,26,28). The van der Waals surface area contributed by atoms with Crippen LogP contribution in [-0.2, 0) is 19.6 Å². The van der Waals surface area contributed by atoms with E-state index < -0.39 is 10.0 Å². The van der Waals surface area contributed by atoms with Gasteiger partial charge < -0.3 is 15.4 Å². The van der Waals surface area contributed by atoms with E-state index in [1.165, 1.54) is 24.3 Å². The molecule has 0 saturated heterocycles. The van der Waals surface area contributed by atoms with Gasteiger partial charge in [-0.05, 0) is 67.8 Å². The van der Waals surface area contributed by atoms with Crippen LogP contribution in [0.1, 0.15) is 43.5 Å². The molecule has 2 rings (SSSR count). The lowest BCUT2D eigenvalue weighted by Gasteiger charge is -2.13. The molecule has 0 aliphatic rings. The summed E-state index contributed by atoms with van der Waals surface area (Å²) in [6, 6.07) is 12.6. The van der Waals surface area contributed by atoms with E-state index in [4.69, 9.17) is 4.74 Å². The van der Waals surface area contributed by atoms with Gasteiger partial charge in [-0.1, -0.05) is 13.8 Å². The molecule has 32 heavy (non-hydrogen) atoms.